The maximum absolute atomic E-state index is 13.3. The summed E-state index contributed by atoms with van der Waals surface area (Å²) in [4.78, 5) is 0. The highest BCUT2D eigenvalue weighted by atomic mass is 32.3. The second-order valence-electron chi connectivity index (χ2n) is 7.26. The first-order valence-electron chi connectivity index (χ1n) is 8.37. The standard InChI is InChI=1S/C17H19F3N2O3S/c1-25-15-5-10-4-12(15)16-13(10)8-22(26(16,23)24)11-3-2-9(7-21)14(6-11)17(18,19)20/h2-3,6,10,12-13,15-16,23-24H,4-5,8H2,1H3/t10-,12+,13+,15+,16-/m0/s1. The number of nitriles is 1. The molecule has 1 aromatic carbocycles. The van der Waals surface area contributed by atoms with Crippen molar-refractivity contribution in [3.8, 4) is 6.07 Å². The zero-order valence-electron chi connectivity index (χ0n) is 14.0. The molecule has 0 radical (unpaired) electrons. The van der Waals surface area contributed by atoms with Crippen molar-refractivity contribution in [2.24, 2.45) is 17.8 Å². The van der Waals surface area contributed by atoms with E-state index < -0.39 is 28.1 Å². The maximum atomic E-state index is 13.3. The second kappa shape index (κ2) is 5.76. The average Bonchev–Trinajstić information content (AvgIpc) is 3.23. The minimum absolute atomic E-state index is 0.0190. The third-order valence-electron chi connectivity index (χ3n) is 6.12. The van der Waals surface area contributed by atoms with Crippen LogP contribution in [-0.2, 0) is 10.9 Å². The predicted molar refractivity (Wildman–Crippen MR) is 90.6 cm³/mol. The first-order chi connectivity index (χ1) is 12.2. The molecule has 5 nitrogen and oxygen atoms in total. The molecule has 1 heterocycles. The van der Waals surface area contributed by atoms with E-state index in [1.807, 2.05) is 0 Å². The van der Waals surface area contributed by atoms with E-state index in [0.717, 1.165) is 25.0 Å². The number of ether oxygens (including phenoxy) is 1. The summed E-state index contributed by atoms with van der Waals surface area (Å²) in [6.07, 6.45) is -2.98. The van der Waals surface area contributed by atoms with Gasteiger partial charge in [-0.1, -0.05) is 0 Å². The lowest BCUT2D eigenvalue weighted by molar-refractivity contribution is -0.137. The van der Waals surface area contributed by atoms with Gasteiger partial charge in [-0.3, -0.25) is 13.4 Å². The highest BCUT2D eigenvalue weighted by Gasteiger charge is 2.63. The lowest BCUT2D eigenvalue weighted by Crippen LogP contribution is -2.37. The number of anilines is 1. The van der Waals surface area contributed by atoms with Crippen molar-refractivity contribution in [2.75, 3.05) is 18.0 Å². The fourth-order valence-corrected chi connectivity index (χ4v) is 7.71. The molecule has 1 aromatic rings. The highest BCUT2D eigenvalue weighted by Crippen LogP contribution is 2.69. The number of alkyl halides is 3. The molecule has 142 valence electrons. The summed E-state index contributed by atoms with van der Waals surface area (Å²) in [5, 5.41) is 8.56. The Morgan fingerprint density at radius 1 is 1.27 bits per heavy atom. The van der Waals surface area contributed by atoms with Gasteiger partial charge in [-0.05, 0) is 37.0 Å². The van der Waals surface area contributed by atoms with Crippen LogP contribution in [0, 0.1) is 29.1 Å². The molecule has 1 aliphatic heterocycles. The van der Waals surface area contributed by atoms with E-state index in [-0.39, 0.29) is 28.9 Å². The molecule has 0 spiro atoms. The first kappa shape index (κ1) is 17.9. The van der Waals surface area contributed by atoms with Crippen LogP contribution in [0.2, 0.25) is 0 Å². The van der Waals surface area contributed by atoms with Gasteiger partial charge in [0.05, 0.1) is 34.2 Å². The minimum Gasteiger partial charge on any atom is -0.381 e. The molecular weight excluding hydrogens is 369 g/mol. The van der Waals surface area contributed by atoms with Gasteiger partial charge in [-0.2, -0.15) is 18.4 Å². The average molecular weight is 388 g/mol. The number of fused-ring (bicyclic) bond motifs is 5. The van der Waals surface area contributed by atoms with Crippen LogP contribution >= 0.6 is 10.8 Å². The van der Waals surface area contributed by atoms with Crippen LogP contribution in [0.25, 0.3) is 0 Å². The predicted octanol–water partition coefficient (Wildman–Crippen LogP) is 4.10. The molecule has 2 bridgehead atoms. The summed E-state index contributed by atoms with van der Waals surface area (Å²) in [7, 11) is -1.66. The van der Waals surface area contributed by atoms with E-state index in [9.17, 15) is 22.3 Å². The Morgan fingerprint density at radius 3 is 2.62 bits per heavy atom. The molecule has 0 unspecified atom stereocenters. The number of nitrogens with zero attached hydrogens (tertiary/aromatic N) is 2. The van der Waals surface area contributed by atoms with Gasteiger partial charge in [0, 0.05) is 25.5 Å². The maximum Gasteiger partial charge on any atom is 0.417 e. The van der Waals surface area contributed by atoms with E-state index in [2.05, 4.69) is 0 Å². The smallest absolute Gasteiger partial charge is 0.381 e. The molecule has 3 aliphatic rings. The van der Waals surface area contributed by atoms with Gasteiger partial charge in [-0.25, -0.2) is 0 Å². The molecule has 3 fully saturated rings. The number of hydrogen-bond donors (Lipinski definition) is 2. The molecule has 0 amide bonds. The molecule has 2 N–H and O–H groups in total. The lowest BCUT2D eigenvalue weighted by atomic mass is 9.86. The monoisotopic (exact) mass is 388 g/mol. The molecule has 1 saturated heterocycles. The van der Waals surface area contributed by atoms with Gasteiger partial charge < -0.3 is 4.74 Å². The van der Waals surface area contributed by atoms with Gasteiger partial charge in [0.1, 0.15) is 0 Å². The Labute approximate surface area is 150 Å². The van der Waals surface area contributed by atoms with Crippen molar-refractivity contribution in [3.05, 3.63) is 29.3 Å². The van der Waals surface area contributed by atoms with Crippen molar-refractivity contribution in [2.45, 2.75) is 30.4 Å². The largest absolute Gasteiger partial charge is 0.417 e. The van der Waals surface area contributed by atoms with Crippen LogP contribution in [0.3, 0.4) is 0 Å². The number of benzene rings is 1. The molecule has 0 aromatic heterocycles. The Morgan fingerprint density at radius 2 is 2.00 bits per heavy atom. The van der Waals surface area contributed by atoms with Crippen LogP contribution in [0.4, 0.5) is 18.9 Å². The third-order valence-corrected chi connectivity index (χ3v) is 8.56. The van der Waals surface area contributed by atoms with E-state index in [1.54, 1.807) is 13.2 Å². The Balaban J connectivity index is 1.71. The van der Waals surface area contributed by atoms with Gasteiger partial charge >= 0.3 is 6.18 Å². The fourth-order valence-electron chi connectivity index (χ4n) is 5.07. The molecule has 9 heteroatoms. The summed E-state index contributed by atoms with van der Waals surface area (Å²) < 4.78 is 68.3. The van der Waals surface area contributed by atoms with Crippen LogP contribution in [-0.4, -0.2) is 34.1 Å². The second-order valence-corrected chi connectivity index (χ2v) is 9.37. The van der Waals surface area contributed by atoms with E-state index >= 15 is 0 Å². The Hall–Kier alpha value is -1.47. The fraction of sp³-hybridized carbons (Fsp3) is 0.588. The highest BCUT2D eigenvalue weighted by molar-refractivity contribution is 8.26. The van der Waals surface area contributed by atoms with E-state index in [4.69, 9.17) is 10.00 Å². The van der Waals surface area contributed by atoms with Crippen LogP contribution in [0.15, 0.2) is 18.2 Å². The minimum atomic E-state index is -4.68. The van der Waals surface area contributed by atoms with Crippen LogP contribution < -0.4 is 4.31 Å². The van der Waals surface area contributed by atoms with Crippen molar-refractivity contribution >= 4 is 16.5 Å². The van der Waals surface area contributed by atoms with E-state index in [0.29, 0.717) is 12.5 Å². The van der Waals surface area contributed by atoms with Crippen molar-refractivity contribution < 1.29 is 27.0 Å². The van der Waals surface area contributed by atoms with Gasteiger partial charge in [0.15, 0.2) is 0 Å². The first-order valence-corrected chi connectivity index (χ1v) is 9.94. The Bertz CT molecular complexity index is 779. The summed E-state index contributed by atoms with van der Waals surface area (Å²) in [6.45, 7) is 0.313. The van der Waals surface area contributed by atoms with Gasteiger partial charge in [0.25, 0.3) is 0 Å². The van der Waals surface area contributed by atoms with Gasteiger partial charge in [-0.15, -0.1) is 10.8 Å². The number of hydrogen-bond acceptors (Lipinski definition) is 5. The van der Waals surface area contributed by atoms with Crippen LogP contribution in [0.5, 0.6) is 0 Å². The topological polar surface area (TPSA) is 76.7 Å². The van der Waals surface area contributed by atoms with Gasteiger partial charge in [0.2, 0.25) is 0 Å². The van der Waals surface area contributed by atoms with Crippen molar-refractivity contribution in [1.29, 1.82) is 5.26 Å². The molecule has 2 aliphatic carbocycles. The number of methoxy groups -OCH3 is 1. The number of halogens is 3. The summed E-state index contributed by atoms with van der Waals surface area (Å²) in [5.74, 6) is 0.360. The number of rotatable bonds is 2. The van der Waals surface area contributed by atoms with Crippen molar-refractivity contribution in [1.82, 2.24) is 0 Å². The third kappa shape index (κ3) is 2.43. The summed E-state index contributed by atoms with van der Waals surface area (Å²) in [6, 6.07) is 4.85. The molecular formula is C17H19F3N2O3S. The van der Waals surface area contributed by atoms with Crippen molar-refractivity contribution in [3.63, 3.8) is 0 Å². The van der Waals surface area contributed by atoms with E-state index in [1.165, 1.54) is 10.4 Å². The van der Waals surface area contributed by atoms with Crippen LogP contribution in [0.1, 0.15) is 24.0 Å². The summed E-state index contributed by atoms with van der Waals surface area (Å²) in [5.41, 5.74) is -1.43. The Kier molecular flexibility index (Phi) is 3.97. The quantitative estimate of drug-likeness (QED) is 0.798. The molecule has 26 heavy (non-hydrogen) atoms. The zero-order valence-corrected chi connectivity index (χ0v) is 14.8. The normalized spacial score (nSPS) is 36.0. The molecule has 4 rings (SSSR count). The molecule has 5 atom stereocenters. The lowest BCUT2D eigenvalue weighted by Gasteiger charge is -2.45. The zero-order chi connectivity index (χ0) is 18.9. The summed E-state index contributed by atoms with van der Waals surface area (Å²) >= 11 is 0. The SMILES string of the molecule is CO[C@@H]1C[C@@H]2C[C@H]1[C@H]1[C@@H]2CN(c2ccc(C#N)c(C(F)(F)F)c2)S1(O)O. The molecule has 2 saturated carbocycles.